The Morgan fingerprint density at radius 3 is 2.52 bits per heavy atom. The lowest BCUT2D eigenvalue weighted by molar-refractivity contribution is -0.137. The molecule has 140 valence electrons. The van der Waals surface area contributed by atoms with E-state index in [0.717, 1.165) is 17.7 Å². The molecule has 0 unspecified atom stereocenters. The highest BCUT2D eigenvalue weighted by molar-refractivity contribution is 7.13. The van der Waals surface area contributed by atoms with Gasteiger partial charge < -0.3 is 5.32 Å². The Morgan fingerprint density at radius 2 is 1.85 bits per heavy atom. The van der Waals surface area contributed by atoms with Crippen molar-refractivity contribution < 1.29 is 22.4 Å². The highest BCUT2D eigenvalue weighted by Gasteiger charge is 2.30. The first kappa shape index (κ1) is 19.0. The number of aromatic nitrogens is 1. The number of aryl methyl sites for hydroxylation is 1. The molecule has 8 heteroatoms. The second-order valence-electron chi connectivity index (χ2n) is 5.93. The third-order valence-electron chi connectivity index (χ3n) is 3.75. The molecular weight excluding hydrogens is 380 g/mol. The van der Waals surface area contributed by atoms with Gasteiger partial charge in [0, 0.05) is 10.9 Å². The number of amides is 1. The molecule has 0 fully saturated rings. The summed E-state index contributed by atoms with van der Waals surface area (Å²) >= 11 is 1.22. The molecule has 3 nitrogen and oxygen atoms in total. The highest BCUT2D eigenvalue weighted by atomic mass is 32.1. The summed E-state index contributed by atoms with van der Waals surface area (Å²) in [4.78, 5) is 16.4. The van der Waals surface area contributed by atoms with Gasteiger partial charge >= 0.3 is 6.18 Å². The number of halogens is 4. The molecule has 27 heavy (non-hydrogen) atoms. The van der Waals surface area contributed by atoms with Crippen LogP contribution in [0.3, 0.4) is 0 Å². The molecule has 3 aromatic rings. The number of alkyl halides is 3. The summed E-state index contributed by atoms with van der Waals surface area (Å²) in [6.45, 7) is 1.78. The van der Waals surface area contributed by atoms with Crippen molar-refractivity contribution in [2.75, 3.05) is 5.32 Å². The van der Waals surface area contributed by atoms with Gasteiger partial charge in [0.25, 0.3) is 0 Å². The number of thiazole rings is 1. The molecule has 0 aliphatic heterocycles. The van der Waals surface area contributed by atoms with Crippen LogP contribution < -0.4 is 5.32 Å². The van der Waals surface area contributed by atoms with Crippen LogP contribution >= 0.6 is 11.3 Å². The third kappa shape index (κ3) is 4.71. The van der Waals surface area contributed by atoms with Crippen molar-refractivity contribution in [1.82, 2.24) is 4.98 Å². The van der Waals surface area contributed by atoms with Crippen molar-refractivity contribution >= 4 is 22.9 Å². The van der Waals surface area contributed by atoms with E-state index in [1.54, 1.807) is 18.4 Å². The third-order valence-corrected chi connectivity index (χ3v) is 4.69. The zero-order valence-corrected chi connectivity index (χ0v) is 14.9. The first-order valence-electron chi connectivity index (χ1n) is 7.90. The highest BCUT2D eigenvalue weighted by Crippen LogP contribution is 2.31. The average molecular weight is 394 g/mol. The molecular formula is C19H14F4N2OS. The Kier molecular flexibility index (Phi) is 5.27. The van der Waals surface area contributed by atoms with E-state index in [4.69, 9.17) is 0 Å². The number of benzene rings is 2. The first-order valence-corrected chi connectivity index (χ1v) is 8.78. The predicted molar refractivity (Wildman–Crippen MR) is 96.0 cm³/mol. The fraction of sp³-hybridized carbons (Fsp3) is 0.158. The minimum Gasteiger partial charge on any atom is -0.323 e. The molecule has 0 bridgehead atoms. The van der Waals surface area contributed by atoms with Gasteiger partial charge in [0.2, 0.25) is 5.91 Å². The summed E-state index contributed by atoms with van der Waals surface area (Å²) in [5.74, 6) is -0.957. The van der Waals surface area contributed by atoms with Crippen LogP contribution in [0.1, 0.15) is 16.8 Å². The molecule has 0 aliphatic carbocycles. The molecule has 0 saturated heterocycles. The van der Waals surface area contributed by atoms with E-state index < -0.39 is 23.5 Å². The van der Waals surface area contributed by atoms with Crippen molar-refractivity contribution in [2.45, 2.75) is 19.5 Å². The number of hydrogen-bond donors (Lipinski definition) is 1. The lowest BCUT2D eigenvalue weighted by atomic mass is 10.1. The van der Waals surface area contributed by atoms with Crippen molar-refractivity contribution in [1.29, 1.82) is 0 Å². The largest absolute Gasteiger partial charge is 0.416 e. The van der Waals surface area contributed by atoms with Crippen LogP contribution in [0.25, 0.3) is 10.6 Å². The fourth-order valence-electron chi connectivity index (χ4n) is 2.42. The van der Waals surface area contributed by atoms with Gasteiger partial charge in [-0.25, -0.2) is 9.37 Å². The standard InChI is InChI=1S/C19H14F4N2OS/c1-11-2-7-15(20)16(8-11)25-17(26)9-14-10-27-18(24-14)12-3-5-13(6-4-12)19(21,22)23/h2-8,10H,9H2,1H3,(H,25,26). The topological polar surface area (TPSA) is 42.0 Å². The number of hydrogen-bond acceptors (Lipinski definition) is 3. The maximum atomic E-state index is 13.7. The van der Waals surface area contributed by atoms with E-state index in [2.05, 4.69) is 10.3 Å². The van der Waals surface area contributed by atoms with Crippen molar-refractivity contribution in [2.24, 2.45) is 0 Å². The van der Waals surface area contributed by atoms with Gasteiger partial charge in [-0.3, -0.25) is 4.79 Å². The lowest BCUT2D eigenvalue weighted by Crippen LogP contribution is -2.15. The van der Waals surface area contributed by atoms with Crippen molar-refractivity contribution in [3.05, 3.63) is 70.5 Å². The SMILES string of the molecule is Cc1ccc(F)c(NC(=O)Cc2csc(-c3ccc(C(F)(F)F)cc3)n2)c1. The van der Waals surface area contributed by atoms with Gasteiger partial charge in [-0.2, -0.15) is 13.2 Å². The van der Waals surface area contributed by atoms with E-state index in [1.165, 1.54) is 35.6 Å². The van der Waals surface area contributed by atoms with E-state index in [9.17, 15) is 22.4 Å². The van der Waals surface area contributed by atoms with Crippen molar-refractivity contribution in [3.8, 4) is 10.6 Å². The van der Waals surface area contributed by atoms with Crippen LogP contribution in [0.4, 0.5) is 23.2 Å². The summed E-state index contributed by atoms with van der Waals surface area (Å²) in [6, 6.07) is 9.06. The molecule has 1 aromatic heterocycles. The van der Waals surface area contributed by atoms with E-state index in [0.29, 0.717) is 16.3 Å². The molecule has 1 amide bonds. The molecule has 3 rings (SSSR count). The molecule has 0 radical (unpaired) electrons. The van der Waals surface area contributed by atoms with E-state index >= 15 is 0 Å². The molecule has 1 heterocycles. The minimum atomic E-state index is -4.39. The van der Waals surface area contributed by atoms with Gasteiger partial charge in [-0.1, -0.05) is 18.2 Å². The van der Waals surface area contributed by atoms with Gasteiger partial charge in [0.15, 0.2) is 0 Å². The number of rotatable bonds is 4. The first-order chi connectivity index (χ1) is 12.7. The Balaban J connectivity index is 1.69. The van der Waals surface area contributed by atoms with Gasteiger partial charge in [-0.15, -0.1) is 11.3 Å². The molecule has 2 aromatic carbocycles. The van der Waals surface area contributed by atoms with Crippen LogP contribution in [0, 0.1) is 12.7 Å². The van der Waals surface area contributed by atoms with E-state index in [-0.39, 0.29) is 12.1 Å². The second-order valence-corrected chi connectivity index (χ2v) is 6.79. The van der Waals surface area contributed by atoms with Crippen LogP contribution in [0.15, 0.2) is 47.8 Å². The molecule has 0 spiro atoms. The fourth-order valence-corrected chi connectivity index (χ4v) is 3.24. The van der Waals surface area contributed by atoms with E-state index in [1.807, 2.05) is 0 Å². The van der Waals surface area contributed by atoms with Gasteiger partial charge in [0.1, 0.15) is 10.8 Å². The molecule has 0 aliphatic rings. The van der Waals surface area contributed by atoms with Crippen LogP contribution in [0.5, 0.6) is 0 Å². The number of carbonyl (C=O) groups excluding carboxylic acids is 1. The average Bonchev–Trinajstić information content (AvgIpc) is 3.06. The second kappa shape index (κ2) is 7.48. The summed E-state index contributed by atoms with van der Waals surface area (Å²) in [6.07, 6.45) is -4.46. The zero-order valence-electron chi connectivity index (χ0n) is 14.1. The number of nitrogens with zero attached hydrogens (tertiary/aromatic N) is 1. The summed E-state index contributed by atoms with van der Waals surface area (Å²) in [7, 11) is 0. The molecule has 1 N–H and O–H groups in total. The predicted octanol–water partition coefficient (Wildman–Crippen LogP) is 5.46. The Labute approximate surface area is 156 Å². The maximum Gasteiger partial charge on any atom is 0.416 e. The monoisotopic (exact) mass is 394 g/mol. The molecule has 0 saturated carbocycles. The molecule has 0 atom stereocenters. The summed E-state index contributed by atoms with van der Waals surface area (Å²) < 4.78 is 51.6. The summed E-state index contributed by atoms with van der Waals surface area (Å²) in [5.41, 5.74) is 1.16. The maximum absolute atomic E-state index is 13.7. The Hall–Kier alpha value is -2.74. The van der Waals surface area contributed by atoms with Crippen molar-refractivity contribution in [3.63, 3.8) is 0 Å². The lowest BCUT2D eigenvalue weighted by Gasteiger charge is -2.07. The smallest absolute Gasteiger partial charge is 0.323 e. The Morgan fingerprint density at radius 1 is 1.15 bits per heavy atom. The van der Waals surface area contributed by atoms with Crippen LogP contribution in [-0.2, 0) is 17.4 Å². The normalized spacial score (nSPS) is 11.4. The van der Waals surface area contributed by atoms with Crippen LogP contribution in [-0.4, -0.2) is 10.9 Å². The summed E-state index contributed by atoms with van der Waals surface area (Å²) in [5, 5.41) is 4.66. The van der Waals surface area contributed by atoms with Gasteiger partial charge in [-0.05, 0) is 36.8 Å². The number of anilines is 1. The minimum absolute atomic E-state index is 0.0650. The quantitative estimate of drug-likeness (QED) is 0.597. The number of carbonyl (C=O) groups is 1. The van der Waals surface area contributed by atoms with Crippen LogP contribution in [0.2, 0.25) is 0 Å². The zero-order chi connectivity index (χ0) is 19.6. The Bertz CT molecular complexity index is 965. The number of nitrogens with one attached hydrogen (secondary N) is 1. The van der Waals surface area contributed by atoms with Gasteiger partial charge in [0.05, 0.1) is 23.4 Å².